The predicted molar refractivity (Wildman–Crippen MR) is 91.2 cm³/mol. The Morgan fingerprint density at radius 1 is 1.24 bits per heavy atom. The maximum Gasteiger partial charge on any atom is 0.257 e. The first-order valence-electron chi connectivity index (χ1n) is 8.37. The molecule has 2 aromatic heterocycles. The number of aryl methyl sites for hydroxylation is 2. The van der Waals surface area contributed by atoms with E-state index in [0.717, 1.165) is 17.7 Å². The van der Waals surface area contributed by atoms with Crippen LogP contribution >= 0.6 is 0 Å². The van der Waals surface area contributed by atoms with Gasteiger partial charge in [-0.1, -0.05) is 23.4 Å². The molecule has 0 saturated carbocycles. The Hall–Kier alpha value is -2.89. The summed E-state index contributed by atoms with van der Waals surface area (Å²) in [7, 11) is 0. The molecule has 1 amide bonds. The van der Waals surface area contributed by atoms with Crippen molar-refractivity contribution >= 4 is 5.91 Å². The average molecular weight is 337 g/mol. The summed E-state index contributed by atoms with van der Waals surface area (Å²) in [4.78, 5) is 19.0. The van der Waals surface area contributed by atoms with E-state index in [2.05, 4.69) is 10.1 Å². The van der Waals surface area contributed by atoms with Crippen molar-refractivity contribution in [1.29, 1.82) is 0 Å². The highest BCUT2D eigenvalue weighted by Crippen LogP contribution is 2.29. The molecule has 0 aliphatic carbocycles. The molecule has 1 atom stereocenters. The Bertz CT molecular complexity index is 898. The third-order valence-electron chi connectivity index (χ3n) is 4.57. The minimum Gasteiger partial charge on any atom is -0.466 e. The number of hydrogen-bond acceptors (Lipinski definition) is 5. The molecule has 1 aromatic carbocycles. The fraction of sp³-hybridized carbons (Fsp3) is 0.316. The first-order valence-corrected chi connectivity index (χ1v) is 8.37. The van der Waals surface area contributed by atoms with Gasteiger partial charge in [0.25, 0.3) is 11.8 Å². The van der Waals surface area contributed by atoms with Crippen LogP contribution in [0, 0.1) is 13.8 Å². The number of benzene rings is 1. The molecule has 1 fully saturated rings. The van der Waals surface area contributed by atoms with E-state index in [4.69, 9.17) is 8.94 Å². The van der Waals surface area contributed by atoms with Crippen molar-refractivity contribution in [3.8, 4) is 11.5 Å². The Balaban J connectivity index is 1.49. The van der Waals surface area contributed by atoms with Crippen molar-refractivity contribution in [2.45, 2.75) is 26.2 Å². The number of furan rings is 1. The van der Waals surface area contributed by atoms with Crippen LogP contribution in [-0.2, 0) is 0 Å². The van der Waals surface area contributed by atoms with E-state index < -0.39 is 0 Å². The van der Waals surface area contributed by atoms with Crippen LogP contribution in [0.15, 0.2) is 45.3 Å². The van der Waals surface area contributed by atoms with Gasteiger partial charge in [-0.3, -0.25) is 4.79 Å². The highest BCUT2D eigenvalue weighted by Gasteiger charge is 2.32. The summed E-state index contributed by atoms with van der Waals surface area (Å²) in [6, 6.07) is 11.5. The number of carbonyl (C=O) groups excluding carboxylic acids is 1. The molecule has 25 heavy (non-hydrogen) atoms. The van der Waals surface area contributed by atoms with Crippen LogP contribution in [0.25, 0.3) is 11.5 Å². The second kappa shape index (κ2) is 6.20. The lowest BCUT2D eigenvalue weighted by Crippen LogP contribution is -2.28. The predicted octanol–water partition coefficient (Wildman–Crippen LogP) is 3.58. The van der Waals surface area contributed by atoms with E-state index in [1.807, 2.05) is 49.1 Å². The molecule has 0 N–H and O–H groups in total. The van der Waals surface area contributed by atoms with Crippen molar-refractivity contribution < 1.29 is 13.7 Å². The first kappa shape index (κ1) is 15.6. The summed E-state index contributed by atoms with van der Waals surface area (Å²) >= 11 is 0. The monoisotopic (exact) mass is 337 g/mol. The van der Waals surface area contributed by atoms with Crippen LogP contribution in [0.3, 0.4) is 0 Å². The molecule has 0 unspecified atom stereocenters. The molecule has 1 aliphatic heterocycles. The largest absolute Gasteiger partial charge is 0.466 e. The van der Waals surface area contributed by atoms with Gasteiger partial charge < -0.3 is 13.8 Å². The second-order valence-corrected chi connectivity index (χ2v) is 6.39. The molecule has 128 valence electrons. The summed E-state index contributed by atoms with van der Waals surface area (Å²) in [5, 5.41) is 4.12. The van der Waals surface area contributed by atoms with Crippen LogP contribution < -0.4 is 0 Å². The number of likely N-dealkylation sites (tertiary alicyclic amines) is 1. The van der Waals surface area contributed by atoms with Crippen molar-refractivity contribution in [2.75, 3.05) is 13.1 Å². The lowest BCUT2D eigenvalue weighted by Gasteiger charge is -2.15. The molecule has 0 radical (unpaired) electrons. The van der Waals surface area contributed by atoms with Gasteiger partial charge in [-0.25, -0.2) is 0 Å². The Morgan fingerprint density at radius 2 is 2.04 bits per heavy atom. The van der Waals surface area contributed by atoms with Gasteiger partial charge in [0.05, 0.1) is 5.56 Å². The molecule has 4 rings (SSSR count). The average Bonchev–Trinajstić information content (AvgIpc) is 3.34. The van der Waals surface area contributed by atoms with Gasteiger partial charge in [0.15, 0.2) is 5.82 Å². The van der Waals surface area contributed by atoms with Crippen LogP contribution in [0.4, 0.5) is 0 Å². The molecule has 3 aromatic rings. The highest BCUT2D eigenvalue weighted by atomic mass is 16.5. The second-order valence-electron chi connectivity index (χ2n) is 6.39. The topological polar surface area (TPSA) is 72.4 Å². The lowest BCUT2D eigenvalue weighted by atomic mass is 10.1. The van der Waals surface area contributed by atoms with Crippen LogP contribution in [-0.4, -0.2) is 34.0 Å². The minimum absolute atomic E-state index is 0.00336. The van der Waals surface area contributed by atoms with Gasteiger partial charge in [0, 0.05) is 24.6 Å². The fourth-order valence-electron chi connectivity index (χ4n) is 3.27. The normalized spacial score (nSPS) is 17.2. The van der Waals surface area contributed by atoms with E-state index >= 15 is 0 Å². The van der Waals surface area contributed by atoms with E-state index in [0.29, 0.717) is 36.1 Å². The summed E-state index contributed by atoms with van der Waals surface area (Å²) in [6.45, 7) is 4.94. The van der Waals surface area contributed by atoms with Gasteiger partial charge >= 0.3 is 0 Å². The molecular formula is C19H19N3O3. The molecule has 1 aliphatic rings. The third-order valence-corrected chi connectivity index (χ3v) is 4.57. The Kier molecular flexibility index (Phi) is 3.87. The molecular weight excluding hydrogens is 318 g/mol. The SMILES string of the molecule is Cc1cc(C(=O)N2CC[C@@H](c3noc(-c4ccccc4)n3)C2)c(C)o1. The minimum atomic E-state index is 0.00336. The number of carbonyl (C=O) groups is 1. The van der Waals surface area contributed by atoms with E-state index in [-0.39, 0.29) is 11.8 Å². The maximum absolute atomic E-state index is 12.7. The van der Waals surface area contributed by atoms with Crippen molar-refractivity contribution in [2.24, 2.45) is 0 Å². The maximum atomic E-state index is 12.7. The number of hydrogen-bond donors (Lipinski definition) is 0. The number of rotatable bonds is 3. The van der Waals surface area contributed by atoms with E-state index in [1.165, 1.54) is 0 Å². The van der Waals surface area contributed by atoms with Gasteiger partial charge in [0.2, 0.25) is 0 Å². The van der Waals surface area contributed by atoms with Crippen molar-refractivity contribution in [3.05, 3.63) is 59.3 Å². The first-order chi connectivity index (χ1) is 12.1. The fourth-order valence-corrected chi connectivity index (χ4v) is 3.27. The van der Waals surface area contributed by atoms with E-state index in [9.17, 15) is 4.79 Å². The van der Waals surface area contributed by atoms with Crippen molar-refractivity contribution in [3.63, 3.8) is 0 Å². The number of nitrogens with zero attached hydrogens (tertiary/aromatic N) is 3. The quantitative estimate of drug-likeness (QED) is 0.730. The van der Waals surface area contributed by atoms with Crippen LogP contribution in [0.2, 0.25) is 0 Å². The Morgan fingerprint density at radius 3 is 2.76 bits per heavy atom. The summed E-state index contributed by atoms with van der Waals surface area (Å²) < 4.78 is 10.9. The highest BCUT2D eigenvalue weighted by molar-refractivity contribution is 5.95. The zero-order valence-corrected chi connectivity index (χ0v) is 14.2. The van der Waals surface area contributed by atoms with Gasteiger partial charge in [-0.05, 0) is 38.5 Å². The summed E-state index contributed by atoms with van der Waals surface area (Å²) in [5.41, 5.74) is 1.54. The number of aromatic nitrogens is 2. The van der Waals surface area contributed by atoms with Gasteiger partial charge in [0.1, 0.15) is 11.5 Å². The molecule has 6 heteroatoms. The molecule has 6 nitrogen and oxygen atoms in total. The zero-order valence-electron chi connectivity index (χ0n) is 14.2. The zero-order chi connectivity index (χ0) is 17.4. The molecule has 0 spiro atoms. The summed E-state index contributed by atoms with van der Waals surface area (Å²) in [5.74, 6) is 2.69. The molecule has 3 heterocycles. The standard InChI is InChI=1S/C19H19N3O3/c1-12-10-16(13(2)24-12)19(23)22-9-8-15(11-22)17-20-18(25-21-17)14-6-4-3-5-7-14/h3-7,10,15H,8-9,11H2,1-2H3/t15-/m1/s1. The molecule has 1 saturated heterocycles. The van der Waals surface area contributed by atoms with Crippen molar-refractivity contribution in [1.82, 2.24) is 15.0 Å². The van der Waals surface area contributed by atoms with Crippen LogP contribution in [0.5, 0.6) is 0 Å². The summed E-state index contributed by atoms with van der Waals surface area (Å²) in [6.07, 6.45) is 0.829. The van der Waals surface area contributed by atoms with Gasteiger partial charge in [-0.15, -0.1) is 0 Å². The Labute approximate surface area is 145 Å². The van der Waals surface area contributed by atoms with Gasteiger partial charge in [-0.2, -0.15) is 4.98 Å². The number of amides is 1. The third kappa shape index (κ3) is 2.95. The molecule has 0 bridgehead atoms. The lowest BCUT2D eigenvalue weighted by molar-refractivity contribution is 0.0788. The van der Waals surface area contributed by atoms with E-state index in [1.54, 1.807) is 6.07 Å². The van der Waals surface area contributed by atoms with Crippen LogP contribution in [0.1, 0.15) is 40.0 Å². The smallest absolute Gasteiger partial charge is 0.257 e.